The van der Waals surface area contributed by atoms with E-state index < -0.39 is 33.9 Å². The van der Waals surface area contributed by atoms with E-state index in [0.29, 0.717) is 11.1 Å². The Morgan fingerprint density at radius 1 is 1.06 bits per heavy atom. The van der Waals surface area contributed by atoms with Crippen LogP contribution in [0.5, 0.6) is 5.75 Å². The molecule has 7 nitrogen and oxygen atoms in total. The molecule has 0 aliphatic rings. The Hall–Kier alpha value is -3.08. The molecule has 1 N–H and O–H groups in total. The van der Waals surface area contributed by atoms with Gasteiger partial charge in [-0.05, 0) is 61.7 Å². The second-order valence-corrected chi connectivity index (χ2v) is 8.76. The number of amides is 1. The average Bonchev–Trinajstić information content (AvgIpc) is 2.66. The predicted molar refractivity (Wildman–Crippen MR) is 103 cm³/mol. The van der Waals surface area contributed by atoms with Gasteiger partial charge >= 0.3 is 18.1 Å². The Labute approximate surface area is 177 Å². The van der Waals surface area contributed by atoms with Gasteiger partial charge in [-0.2, -0.15) is 13.2 Å². The topological polar surface area (TPSA) is 98.8 Å². The predicted octanol–water partition coefficient (Wildman–Crippen LogP) is 3.29. The Morgan fingerprint density at radius 2 is 1.65 bits per heavy atom. The van der Waals surface area contributed by atoms with Gasteiger partial charge in [0.05, 0.1) is 9.79 Å². The van der Waals surface area contributed by atoms with Crippen molar-refractivity contribution < 1.29 is 41.0 Å². The van der Waals surface area contributed by atoms with Gasteiger partial charge in [0, 0.05) is 13.0 Å². The van der Waals surface area contributed by atoms with Crippen molar-refractivity contribution in [2.45, 2.75) is 49.2 Å². The number of aryl methyl sites for hydroxylation is 1. The number of carbonyl (C=O) groups is 2. The van der Waals surface area contributed by atoms with Crippen LogP contribution in [0, 0.1) is 6.92 Å². The SMILES string of the molecule is CC(=O)OOc1ccc(S(=O)(=O)c2ccc(C[C@@H](C)NC(=O)C(F)(F)F)cc2)cc1C. The van der Waals surface area contributed by atoms with Crippen LogP contribution in [0.4, 0.5) is 13.2 Å². The summed E-state index contributed by atoms with van der Waals surface area (Å²) in [6.07, 6.45) is -4.88. The number of alkyl halides is 3. The Kier molecular flexibility index (Phi) is 7.32. The van der Waals surface area contributed by atoms with Crippen LogP contribution in [0.25, 0.3) is 0 Å². The summed E-state index contributed by atoms with van der Waals surface area (Å²) in [6.45, 7) is 4.15. The van der Waals surface area contributed by atoms with Crippen molar-refractivity contribution in [2.24, 2.45) is 0 Å². The van der Waals surface area contributed by atoms with Crippen LogP contribution < -0.4 is 10.2 Å². The molecular weight excluding hydrogens is 439 g/mol. The molecule has 0 bridgehead atoms. The molecule has 2 aromatic carbocycles. The molecule has 0 fully saturated rings. The van der Waals surface area contributed by atoms with Crippen LogP contribution in [0.2, 0.25) is 0 Å². The highest BCUT2D eigenvalue weighted by Gasteiger charge is 2.39. The third kappa shape index (κ3) is 6.45. The van der Waals surface area contributed by atoms with Gasteiger partial charge in [-0.3, -0.25) is 14.6 Å². The first-order valence-corrected chi connectivity index (χ1v) is 10.5. The fourth-order valence-corrected chi connectivity index (χ4v) is 3.98. The highest BCUT2D eigenvalue weighted by atomic mass is 32.2. The monoisotopic (exact) mass is 459 g/mol. The second kappa shape index (κ2) is 9.38. The van der Waals surface area contributed by atoms with Gasteiger partial charge < -0.3 is 5.32 Å². The second-order valence-electron chi connectivity index (χ2n) is 6.81. The van der Waals surface area contributed by atoms with Gasteiger partial charge in [0.15, 0.2) is 5.75 Å². The molecule has 0 heterocycles. The number of rotatable bonds is 7. The zero-order valence-corrected chi connectivity index (χ0v) is 17.6. The van der Waals surface area contributed by atoms with Crippen LogP contribution in [0.1, 0.15) is 25.0 Å². The van der Waals surface area contributed by atoms with Gasteiger partial charge in [0.1, 0.15) is 0 Å². The van der Waals surface area contributed by atoms with E-state index in [9.17, 15) is 31.2 Å². The summed E-state index contributed by atoms with van der Waals surface area (Å²) in [5, 5.41) is 1.84. The molecule has 0 aliphatic heterocycles. The summed E-state index contributed by atoms with van der Waals surface area (Å²) >= 11 is 0. The molecule has 0 spiro atoms. The molecule has 0 aliphatic carbocycles. The van der Waals surface area contributed by atoms with E-state index in [1.807, 2.05) is 5.32 Å². The van der Waals surface area contributed by atoms with Crippen molar-refractivity contribution >= 4 is 21.7 Å². The zero-order valence-electron chi connectivity index (χ0n) is 16.8. The number of hydrogen-bond acceptors (Lipinski definition) is 6. The van der Waals surface area contributed by atoms with Gasteiger partial charge in [-0.25, -0.2) is 13.2 Å². The number of nitrogens with one attached hydrogen (secondary N) is 1. The van der Waals surface area contributed by atoms with Crippen LogP contribution in [-0.4, -0.2) is 32.5 Å². The summed E-state index contributed by atoms with van der Waals surface area (Å²) in [5.74, 6) is -2.52. The zero-order chi connectivity index (χ0) is 23.4. The summed E-state index contributed by atoms with van der Waals surface area (Å²) in [5.41, 5.74) is 0.975. The van der Waals surface area contributed by atoms with Gasteiger partial charge in [0.25, 0.3) is 0 Å². The summed E-state index contributed by atoms with van der Waals surface area (Å²) in [7, 11) is -3.87. The summed E-state index contributed by atoms with van der Waals surface area (Å²) in [4.78, 5) is 31.0. The third-order valence-corrected chi connectivity index (χ3v) is 5.88. The third-order valence-electron chi connectivity index (χ3n) is 4.12. The molecule has 0 aromatic heterocycles. The smallest absolute Gasteiger partial charge is 0.345 e. The molecule has 1 amide bonds. The molecule has 11 heteroatoms. The lowest BCUT2D eigenvalue weighted by Crippen LogP contribution is -2.42. The van der Waals surface area contributed by atoms with Crippen molar-refractivity contribution in [1.29, 1.82) is 0 Å². The number of carbonyl (C=O) groups excluding carboxylic acids is 2. The maximum Gasteiger partial charge on any atom is 0.471 e. The quantitative estimate of drug-likeness (QED) is 0.504. The minimum Gasteiger partial charge on any atom is -0.345 e. The van der Waals surface area contributed by atoms with Gasteiger partial charge in [0.2, 0.25) is 9.84 Å². The number of benzene rings is 2. The maximum absolute atomic E-state index is 12.8. The van der Waals surface area contributed by atoms with Crippen LogP contribution >= 0.6 is 0 Å². The van der Waals surface area contributed by atoms with E-state index in [1.165, 1.54) is 49.4 Å². The largest absolute Gasteiger partial charge is 0.471 e. The molecule has 2 rings (SSSR count). The van der Waals surface area contributed by atoms with E-state index in [1.54, 1.807) is 6.92 Å². The van der Waals surface area contributed by atoms with Gasteiger partial charge in [-0.15, -0.1) is 0 Å². The minimum absolute atomic E-state index is 0.0151. The lowest BCUT2D eigenvalue weighted by molar-refractivity contribution is -0.211. The first-order valence-electron chi connectivity index (χ1n) is 8.98. The van der Waals surface area contributed by atoms with Crippen LogP contribution in [0.3, 0.4) is 0 Å². The van der Waals surface area contributed by atoms with E-state index in [-0.39, 0.29) is 22.0 Å². The van der Waals surface area contributed by atoms with Crippen molar-refractivity contribution in [2.75, 3.05) is 0 Å². The Morgan fingerprint density at radius 3 is 2.16 bits per heavy atom. The molecule has 168 valence electrons. The number of hydrogen-bond donors (Lipinski definition) is 1. The first-order chi connectivity index (χ1) is 14.3. The fourth-order valence-electron chi connectivity index (χ4n) is 2.64. The summed E-state index contributed by atoms with van der Waals surface area (Å²) < 4.78 is 62.6. The van der Waals surface area contributed by atoms with Crippen molar-refractivity contribution in [1.82, 2.24) is 5.32 Å². The average molecular weight is 459 g/mol. The highest BCUT2D eigenvalue weighted by molar-refractivity contribution is 7.91. The molecule has 0 unspecified atom stereocenters. The lowest BCUT2D eigenvalue weighted by Gasteiger charge is -2.15. The van der Waals surface area contributed by atoms with E-state index in [0.717, 1.165) is 6.92 Å². The van der Waals surface area contributed by atoms with E-state index >= 15 is 0 Å². The van der Waals surface area contributed by atoms with Crippen molar-refractivity contribution in [3.63, 3.8) is 0 Å². The maximum atomic E-state index is 12.8. The van der Waals surface area contributed by atoms with Crippen molar-refractivity contribution in [3.05, 3.63) is 53.6 Å². The molecule has 1 atom stereocenters. The molecular formula is C20H20F3NO6S. The van der Waals surface area contributed by atoms with E-state index in [2.05, 4.69) is 4.89 Å². The van der Waals surface area contributed by atoms with Crippen LogP contribution in [-0.2, 0) is 30.7 Å². The van der Waals surface area contributed by atoms with Gasteiger partial charge in [-0.1, -0.05) is 12.1 Å². The van der Waals surface area contributed by atoms with Crippen LogP contribution in [0.15, 0.2) is 52.3 Å². The Balaban J connectivity index is 2.13. The molecule has 0 saturated carbocycles. The highest BCUT2D eigenvalue weighted by Crippen LogP contribution is 2.27. The fraction of sp³-hybridized carbons (Fsp3) is 0.300. The summed E-state index contributed by atoms with van der Waals surface area (Å²) in [6, 6.07) is 8.81. The molecule has 2 aromatic rings. The minimum atomic E-state index is -4.97. The lowest BCUT2D eigenvalue weighted by atomic mass is 10.1. The van der Waals surface area contributed by atoms with Crippen molar-refractivity contribution in [3.8, 4) is 5.75 Å². The molecule has 0 saturated heterocycles. The Bertz CT molecular complexity index is 1070. The number of halogens is 3. The van der Waals surface area contributed by atoms with E-state index in [4.69, 9.17) is 4.89 Å². The number of sulfone groups is 1. The molecule has 31 heavy (non-hydrogen) atoms. The normalized spacial score (nSPS) is 12.7. The molecule has 0 radical (unpaired) electrons. The standard InChI is InChI=1S/C20H20F3NO6S/c1-12-10-17(8-9-18(12)30-29-14(3)25)31(27,28)16-6-4-15(5-7-16)11-13(2)24-19(26)20(21,22)23/h4-10,13H,11H2,1-3H3,(H,24,26)/t13-/m1/s1. The first kappa shape index (κ1) is 24.2.